The number of hydrogen-bond acceptors (Lipinski definition) is 5. The van der Waals surface area contributed by atoms with E-state index in [1.165, 1.54) is 0 Å². The number of nitrogens with one attached hydrogen (secondary N) is 1. The van der Waals surface area contributed by atoms with E-state index in [2.05, 4.69) is 15.5 Å². The van der Waals surface area contributed by atoms with Crippen LogP contribution in [0.2, 0.25) is 10.0 Å². The number of aromatic nitrogens is 2. The molecule has 1 N–H and O–H groups in total. The molecule has 0 saturated carbocycles. The van der Waals surface area contributed by atoms with Crippen LogP contribution in [0.4, 0.5) is 5.69 Å². The SMILES string of the molecule is CC(c1nc(C(C)(C)C)no1)N(C)CC(=O)Nc1ccc(Cl)c(Cl)c1. The number of benzene rings is 1. The molecule has 0 radical (unpaired) electrons. The largest absolute Gasteiger partial charge is 0.338 e. The van der Waals surface area contributed by atoms with Gasteiger partial charge in [-0.05, 0) is 32.2 Å². The molecular formula is C17H22Cl2N4O2. The van der Waals surface area contributed by atoms with Gasteiger partial charge in [-0.25, -0.2) is 0 Å². The minimum atomic E-state index is -0.192. The standard InChI is InChI=1S/C17H22Cl2N4O2/c1-10(15-21-16(22-25-15)17(2,3)4)23(5)9-14(24)20-11-6-7-12(18)13(19)8-11/h6-8,10H,9H2,1-5H3,(H,20,24). The summed E-state index contributed by atoms with van der Waals surface area (Å²) >= 11 is 11.8. The smallest absolute Gasteiger partial charge is 0.243 e. The van der Waals surface area contributed by atoms with Crippen LogP contribution in [-0.2, 0) is 10.2 Å². The maximum absolute atomic E-state index is 12.2. The Morgan fingerprint density at radius 2 is 2.00 bits per heavy atom. The molecule has 0 aliphatic carbocycles. The molecule has 6 nitrogen and oxygen atoms in total. The number of rotatable bonds is 5. The Morgan fingerprint density at radius 3 is 2.56 bits per heavy atom. The minimum absolute atomic E-state index is 0.161. The van der Waals surface area contributed by atoms with E-state index in [1.54, 1.807) is 18.2 Å². The summed E-state index contributed by atoms with van der Waals surface area (Å²) in [5.74, 6) is 0.945. The highest BCUT2D eigenvalue weighted by Crippen LogP contribution is 2.25. The lowest BCUT2D eigenvalue weighted by Gasteiger charge is -2.21. The van der Waals surface area contributed by atoms with E-state index in [4.69, 9.17) is 27.7 Å². The highest BCUT2D eigenvalue weighted by molar-refractivity contribution is 6.42. The third kappa shape index (κ3) is 5.17. The minimum Gasteiger partial charge on any atom is -0.338 e. The van der Waals surface area contributed by atoms with Crippen LogP contribution < -0.4 is 5.32 Å². The summed E-state index contributed by atoms with van der Waals surface area (Å²) in [6.07, 6.45) is 0. The van der Waals surface area contributed by atoms with Gasteiger partial charge in [0.1, 0.15) is 0 Å². The maximum atomic E-state index is 12.2. The highest BCUT2D eigenvalue weighted by Gasteiger charge is 2.25. The van der Waals surface area contributed by atoms with Gasteiger partial charge in [-0.1, -0.05) is 49.1 Å². The Hall–Kier alpha value is -1.63. The fraction of sp³-hybridized carbons (Fsp3) is 0.471. The molecular weight excluding hydrogens is 363 g/mol. The molecule has 1 aromatic heterocycles. The van der Waals surface area contributed by atoms with E-state index < -0.39 is 0 Å². The maximum Gasteiger partial charge on any atom is 0.243 e. The number of anilines is 1. The van der Waals surface area contributed by atoms with Crippen molar-refractivity contribution in [1.29, 1.82) is 0 Å². The van der Waals surface area contributed by atoms with Crippen LogP contribution in [0.15, 0.2) is 22.7 Å². The third-order valence-corrected chi connectivity index (χ3v) is 4.47. The van der Waals surface area contributed by atoms with Crippen LogP contribution >= 0.6 is 23.2 Å². The monoisotopic (exact) mass is 384 g/mol. The van der Waals surface area contributed by atoms with E-state index in [1.807, 2.05) is 39.6 Å². The second-order valence-corrected chi connectivity index (χ2v) is 7.79. The van der Waals surface area contributed by atoms with Crippen LogP contribution in [0.3, 0.4) is 0 Å². The molecule has 1 atom stereocenters. The normalized spacial score (nSPS) is 13.1. The zero-order valence-electron chi connectivity index (χ0n) is 14.9. The molecule has 0 aliphatic heterocycles. The van der Waals surface area contributed by atoms with Gasteiger partial charge in [0.05, 0.1) is 22.6 Å². The van der Waals surface area contributed by atoms with Crippen molar-refractivity contribution in [2.24, 2.45) is 0 Å². The van der Waals surface area contributed by atoms with Gasteiger partial charge >= 0.3 is 0 Å². The number of nitrogens with zero attached hydrogens (tertiary/aromatic N) is 3. The average molecular weight is 385 g/mol. The van der Waals surface area contributed by atoms with Crippen molar-refractivity contribution in [3.8, 4) is 0 Å². The molecule has 1 amide bonds. The number of amides is 1. The Morgan fingerprint density at radius 1 is 1.32 bits per heavy atom. The molecule has 0 fully saturated rings. The van der Waals surface area contributed by atoms with Gasteiger partial charge in [-0.2, -0.15) is 4.98 Å². The number of carbonyl (C=O) groups excluding carboxylic acids is 1. The van der Waals surface area contributed by atoms with Crippen LogP contribution in [0.25, 0.3) is 0 Å². The van der Waals surface area contributed by atoms with Gasteiger partial charge < -0.3 is 9.84 Å². The first kappa shape index (κ1) is 19.7. The molecule has 0 saturated heterocycles. The second kappa shape index (κ2) is 7.72. The molecule has 0 spiro atoms. The van der Waals surface area contributed by atoms with Crippen molar-refractivity contribution in [2.75, 3.05) is 18.9 Å². The Bertz CT molecular complexity index is 755. The van der Waals surface area contributed by atoms with E-state index in [0.717, 1.165) is 0 Å². The molecule has 136 valence electrons. The summed E-state index contributed by atoms with van der Waals surface area (Å²) in [4.78, 5) is 18.5. The molecule has 0 bridgehead atoms. The average Bonchev–Trinajstić information content (AvgIpc) is 3.00. The van der Waals surface area contributed by atoms with E-state index in [0.29, 0.717) is 27.4 Å². The molecule has 1 heterocycles. The fourth-order valence-corrected chi connectivity index (χ4v) is 2.33. The molecule has 0 aliphatic rings. The quantitative estimate of drug-likeness (QED) is 0.831. The van der Waals surface area contributed by atoms with Gasteiger partial charge in [-0.15, -0.1) is 0 Å². The Labute approximate surface area is 157 Å². The topological polar surface area (TPSA) is 71.3 Å². The van der Waals surface area contributed by atoms with Crippen LogP contribution in [0, 0.1) is 0 Å². The van der Waals surface area contributed by atoms with E-state index in [-0.39, 0.29) is 23.9 Å². The van der Waals surface area contributed by atoms with Crippen molar-refractivity contribution in [3.05, 3.63) is 40.0 Å². The first-order valence-corrected chi connectivity index (χ1v) is 8.62. The van der Waals surface area contributed by atoms with Crippen molar-refractivity contribution in [1.82, 2.24) is 15.0 Å². The summed E-state index contributed by atoms with van der Waals surface area (Å²) in [6.45, 7) is 8.11. The van der Waals surface area contributed by atoms with Gasteiger partial charge in [0.2, 0.25) is 11.8 Å². The van der Waals surface area contributed by atoms with Crippen LogP contribution in [0.1, 0.15) is 45.5 Å². The fourth-order valence-electron chi connectivity index (χ4n) is 2.04. The first-order chi connectivity index (χ1) is 11.6. The zero-order valence-corrected chi connectivity index (χ0v) is 16.4. The first-order valence-electron chi connectivity index (χ1n) is 7.87. The Kier molecular flexibility index (Phi) is 6.08. The highest BCUT2D eigenvalue weighted by atomic mass is 35.5. The molecule has 8 heteroatoms. The van der Waals surface area contributed by atoms with Gasteiger partial charge in [0, 0.05) is 11.1 Å². The van der Waals surface area contributed by atoms with Gasteiger partial charge in [0.25, 0.3) is 0 Å². The third-order valence-electron chi connectivity index (χ3n) is 3.73. The van der Waals surface area contributed by atoms with E-state index >= 15 is 0 Å². The molecule has 2 rings (SSSR count). The summed E-state index contributed by atoms with van der Waals surface area (Å²) in [5, 5.41) is 7.63. The second-order valence-electron chi connectivity index (χ2n) is 6.97. The summed E-state index contributed by atoms with van der Waals surface area (Å²) < 4.78 is 5.34. The number of halogens is 2. The van der Waals surface area contributed by atoms with Crippen LogP contribution in [0.5, 0.6) is 0 Å². The van der Waals surface area contributed by atoms with Crippen molar-refractivity contribution >= 4 is 34.8 Å². The lowest BCUT2D eigenvalue weighted by Crippen LogP contribution is -2.32. The van der Waals surface area contributed by atoms with Gasteiger partial charge in [0.15, 0.2) is 5.82 Å². The molecule has 25 heavy (non-hydrogen) atoms. The number of carbonyl (C=O) groups is 1. The predicted octanol–water partition coefficient (Wildman–Crippen LogP) is 4.31. The van der Waals surface area contributed by atoms with Crippen molar-refractivity contribution < 1.29 is 9.32 Å². The van der Waals surface area contributed by atoms with Crippen molar-refractivity contribution in [3.63, 3.8) is 0 Å². The molecule has 1 aromatic carbocycles. The summed E-state index contributed by atoms with van der Waals surface area (Å²) in [6, 6.07) is 4.75. The Balaban J connectivity index is 1.98. The lowest BCUT2D eigenvalue weighted by molar-refractivity contribution is -0.117. The number of likely N-dealkylation sites (N-methyl/N-ethyl adjacent to an activating group) is 1. The predicted molar refractivity (Wildman–Crippen MR) is 99.1 cm³/mol. The van der Waals surface area contributed by atoms with E-state index in [9.17, 15) is 4.79 Å². The number of hydrogen-bond donors (Lipinski definition) is 1. The summed E-state index contributed by atoms with van der Waals surface area (Å²) in [7, 11) is 1.82. The molecule has 1 unspecified atom stereocenters. The lowest BCUT2D eigenvalue weighted by atomic mass is 9.96. The van der Waals surface area contributed by atoms with Gasteiger partial charge in [-0.3, -0.25) is 9.69 Å². The summed E-state index contributed by atoms with van der Waals surface area (Å²) in [5.41, 5.74) is 0.402. The molecule has 2 aromatic rings. The van der Waals surface area contributed by atoms with Crippen molar-refractivity contribution in [2.45, 2.75) is 39.2 Å². The van der Waals surface area contributed by atoms with Crippen LogP contribution in [-0.4, -0.2) is 34.5 Å². The zero-order chi connectivity index (χ0) is 18.8.